The normalized spacial score (nSPS) is 19.0. The molecule has 0 atom stereocenters. The fourth-order valence-corrected chi connectivity index (χ4v) is 2.06. The summed E-state index contributed by atoms with van der Waals surface area (Å²) in [6, 6.07) is 3.87. The number of carbonyl (C=O) groups is 1. The molecule has 22 heavy (non-hydrogen) atoms. The molecule has 0 radical (unpaired) electrons. The van der Waals surface area contributed by atoms with Crippen molar-refractivity contribution in [1.29, 1.82) is 0 Å². The first-order chi connectivity index (χ1) is 10.0. The Morgan fingerprint density at radius 3 is 2.27 bits per heavy atom. The van der Waals surface area contributed by atoms with Crippen molar-refractivity contribution in [2.75, 3.05) is 5.32 Å². The Morgan fingerprint density at radius 2 is 1.82 bits per heavy atom. The van der Waals surface area contributed by atoms with Crippen LogP contribution in [0.4, 0.5) is 16.2 Å². The zero-order valence-electron chi connectivity index (χ0n) is 12.7. The average molecular weight is 308 g/mol. The molecule has 0 aromatic heterocycles. The van der Waals surface area contributed by atoms with Crippen molar-refractivity contribution < 1.29 is 24.1 Å². The first kappa shape index (κ1) is 16.2. The minimum Gasteiger partial charge on any atom is -0.465 e. The van der Waals surface area contributed by atoms with E-state index in [9.17, 15) is 14.9 Å². The second-order valence-corrected chi connectivity index (χ2v) is 6.05. The van der Waals surface area contributed by atoms with Crippen molar-refractivity contribution in [3.63, 3.8) is 0 Å². The number of anilines is 1. The van der Waals surface area contributed by atoms with E-state index >= 15 is 0 Å². The zero-order valence-corrected chi connectivity index (χ0v) is 12.7. The minimum atomic E-state index is -1.32. The molecular weight excluding hydrogens is 291 g/mol. The monoisotopic (exact) mass is 308 g/mol. The third-order valence-electron chi connectivity index (χ3n) is 4.00. The highest BCUT2D eigenvalue weighted by Crippen LogP contribution is 2.37. The van der Waals surface area contributed by atoms with Crippen LogP contribution in [0.5, 0.6) is 0 Å². The minimum absolute atomic E-state index is 0.0696. The summed E-state index contributed by atoms with van der Waals surface area (Å²) in [5.41, 5.74) is -0.948. The van der Waals surface area contributed by atoms with E-state index in [4.69, 9.17) is 14.4 Å². The fourth-order valence-electron chi connectivity index (χ4n) is 2.06. The molecule has 118 valence electrons. The number of benzene rings is 1. The van der Waals surface area contributed by atoms with Crippen LogP contribution in [0.1, 0.15) is 27.7 Å². The molecule has 1 saturated heterocycles. The Morgan fingerprint density at radius 1 is 1.27 bits per heavy atom. The molecule has 9 heteroatoms. The van der Waals surface area contributed by atoms with Gasteiger partial charge in [-0.25, -0.2) is 4.79 Å². The number of hydrogen-bond donors (Lipinski definition) is 2. The number of nitro groups is 1. The molecular formula is C13H17BN2O6. The molecule has 1 fully saturated rings. The van der Waals surface area contributed by atoms with Crippen LogP contribution in [0.15, 0.2) is 18.2 Å². The van der Waals surface area contributed by atoms with E-state index in [1.807, 2.05) is 27.7 Å². The highest BCUT2D eigenvalue weighted by atomic mass is 16.7. The molecule has 1 amide bonds. The van der Waals surface area contributed by atoms with Gasteiger partial charge in [-0.15, -0.1) is 0 Å². The van der Waals surface area contributed by atoms with Crippen molar-refractivity contribution in [2.45, 2.75) is 38.9 Å². The SMILES string of the molecule is CC1(C)OB(c2ccc([N+](=O)[O-])cc2NC(=O)O)OC1(C)C. The molecule has 2 rings (SSSR count). The number of carboxylic acid groups (broad SMARTS) is 1. The van der Waals surface area contributed by atoms with Gasteiger partial charge in [0.2, 0.25) is 0 Å². The largest absolute Gasteiger partial charge is 0.496 e. The van der Waals surface area contributed by atoms with Gasteiger partial charge in [-0.2, -0.15) is 0 Å². The maximum Gasteiger partial charge on any atom is 0.496 e. The second-order valence-electron chi connectivity index (χ2n) is 6.05. The molecule has 0 bridgehead atoms. The molecule has 0 aliphatic carbocycles. The molecule has 1 aliphatic rings. The van der Waals surface area contributed by atoms with Gasteiger partial charge in [-0.3, -0.25) is 15.4 Å². The van der Waals surface area contributed by atoms with Crippen LogP contribution in [-0.2, 0) is 9.31 Å². The molecule has 0 spiro atoms. The van der Waals surface area contributed by atoms with Gasteiger partial charge in [0.05, 0.1) is 21.8 Å². The number of hydrogen-bond acceptors (Lipinski definition) is 5. The Hall–Kier alpha value is -2.13. The summed E-state index contributed by atoms with van der Waals surface area (Å²) < 4.78 is 11.7. The van der Waals surface area contributed by atoms with Crippen LogP contribution < -0.4 is 10.8 Å². The van der Waals surface area contributed by atoms with E-state index in [2.05, 4.69) is 5.32 Å². The van der Waals surface area contributed by atoms with Gasteiger partial charge in [0.25, 0.3) is 5.69 Å². The van der Waals surface area contributed by atoms with E-state index < -0.39 is 29.3 Å². The summed E-state index contributed by atoms with van der Waals surface area (Å²) in [5, 5.41) is 21.9. The van der Waals surface area contributed by atoms with E-state index in [1.54, 1.807) is 0 Å². The third-order valence-corrected chi connectivity index (χ3v) is 4.00. The Bertz CT molecular complexity index is 615. The van der Waals surface area contributed by atoms with Gasteiger partial charge < -0.3 is 14.4 Å². The lowest BCUT2D eigenvalue weighted by atomic mass is 9.77. The van der Waals surface area contributed by atoms with E-state index in [0.29, 0.717) is 5.46 Å². The van der Waals surface area contributed by atoms with Crippen LogP contribution in [0.25, 0.3) is 0 Å². The number of nitrogens with zero attached hydrogens (tertiary/aromatic N) is 1. The van der Waals surface area contributed by atoms with Gasteiger partial charge in [0, 0.05) is 17.6 Å². The molecule has 1 aromatic rings. The van der Waals surface area contributed by atoms with Gasteiger partial charge in [0.15, 0.2) is 0 Å². The second kappa shape index (κ2) is 5.26. The van der Waals surface area contributed by atoms with Crippen LogP contribution in [0.2, 0.25) is 0 Å². The Balaban J connectivity index is 2.43. The first-order valence-corrected chi connectivity index (χ1v) is 6.67. The summed E-state index contributed by atoms with van der Waals surface area (Å²) in [5.74, 6) is 0. The summed E-state index contributed by atoms with van der Waals surface area (Å²) in [6.45, 7) is 7.46. The van der Waals surface area contributed by atoms with Gasteiger partial charge in [-0.05, 0) is 27.7 Å². The van der Waals surface area contributed by atoms with Crippen LogP contribution >= 0.6 is 0 Å². The van der Waals surface area contributed by atoms with Crippen LogP contribution in [0.3, 0.4) is 0 Å². The third kappa shape index (κ3) is 2.90. The lowest BCUT2D eigenvalue weighted by molar-refractivity contribution is -0.384. The maximum atomic E-state index is 10.9. The van der Waals surface area contributed by atoms with Crippen molar-refractivity contribution in [3.05, 3.63) is 28.3 Å². The Labute approximate surface area is 127 Å². The van der Waals surface area contributed by atoms with Crippen molar-refractivity contribution in [3.8, 4) is 0 Å². The number of nitro benzene ring substituents is 1. The molecule has 1 aromatic carbocycles. The van der Waals surface area contributed by atoms with E-state index in [-0.39, 0.29) is 11.4 Å². The number of amides is 1. The van der Waals surface area contributed by atoms with E-state index in [1.165, 1.54) is 12.1 Å². The Kier molecular flexibility index (Phi) is 3.88. The van der Waals surface area contributed by atoms with E-state index in [0.717, 1.165) is 6.07 Å². The molecule has 2 N–H and O–H groups in total. The highest BCUT2D eigenvalue weighted by molar-refractivity contribution is 6.64. The standard InChI is InChI=1S/C13H17BN2O6/c1-12(2)13(3,4)22-14(21-12)9-6-5-8(16(19)20)7-10(9)15-11(17)18/h5-7,15H,1-4H3,(H,17,18). The lowest BCUT2D eigenvalue weighted by Crippen LogP contribution is -2.41. The molecule has 0 saturated carbocycles. The number of rotatable bonds is 3. The number of nitrogens with one attached hydrogen (secondary N) is 1. The predicted octanol–water partition coefficient (Wildman–Crippen LogP) is 1.98. The van der Waals surface area contributed by atoms with Gasteiger partial charge >= 0.3 is 13.2 Å². The molecule has 8 nitrogen and oxygen atoms in total. The molecule has 1 heterocycles. The van der Waals surface area contributed by atoms with Crippen LogP contribution in [0, 0.1) is 10.1 Å². The van der Waals surface area contributed by atoms with Crippen molar-refractivity contribution >= 4 is 30.0 Å². The molecule has 1 aliphatic heterocycles. The first-order valence-electron chi connectivity index (χ1n) is 6.67. The topological polar surface area (TPSA) is 111 Å². The average Bonchev–Trinajstić information content (AvgIpc) is 2.57. The predicted molar refractivity (Wildman–Crippen MR) is 80.5 cm³/mol. The maximum absolute atomic E-state index is 10.9. The summed E-state index contributed by atoms with van der Waals surface area (Å²) in [7, 11) is -0.812. The summed E-state index contributed by atoms with van der Waals surface area (Å²) in [4.78, 5) is 21.2. The summed E-state index contributed by atoms with van der Waals surface area (Å²) in [6.07, 6.45) is -1.32. The van der Waals surface area contributed by atoms with Crippen molar-refractivity contribution in [1.82, 2.24) is 0 Å². The molecule has 0 unspecified atom stereocenters. The van der Waals surface area contributed by atoms with Gasteiger partial charge in [0.1, 0.15) is 0 Å². The van der Waals surface area contributed by atoms with Crippen LogP contribution in [-0.4, -0.2) is 34.4 Å². The lowest BCUT2D eigenvalue weighted by Gasteiger charge is -2.32. The highest BCUT2D eigenvalue weighted by Gasteiger charge is 2.52. The number of non-ortho nitro benzene ring substituents is 1. The zero-order chi connectivity index (χ0) is 16.7. The summed E-state index contributed by atoms with van der Waals surface area (Å²) >= 11 is 0. The smallest absolute Gasteiger partial charge is 0.465 e. The quantitative estimate of drug-likeness (QED) is 0.502. The van der Waals surface area contributed by atoms with Crippen molar-refractivity contribution in [2.24, 2.45) is 0 Å². The van der Waals surface area contributed by atoms with Gasteiger partial charge in [-0.1, -0.05) is 6.07 Å². The fraction of sp³-hybridized carbons (Fsp3) is 0.462.